The number of methoxy groups -OCH3 is 1. The van der Waals surface area contributed by atoms with Gasteiger partial charge in [0.25, 0.3) is 0 Å². The maximum Gasteiger partial charge on any atom is 0.238 e. The number of nitrogens with one attached hydrogen (secondary N) is 2. The minimum Gasteiger partial charge on any atom is -0.497 e. The molecule has 2 N–H and O–H groups in total. The lowest BCUT2D eigenvalue weighted by atomic mass is 9.98. The summed E-state index contributed by atoms with van der Waals surface area (Å²) in [7, 11) is 5.45. The molecule has 8 heteroatoms. The molecule has 7 nitrogen and oxygen atoms in total. The Morgan fingerprint density at radius 1 is 1.21 bits per heavy atom. The van der Waals surface area contributed by atoms with Gasteiger partial charge in [-0.25, -0.2) is 4.99 Å². The largest absolute Gasteiger partial charge is 0.497 e. The molecular weight excluding hydrogens is 529 g/mol. The molecule has 180 valence electrons. The molecule has 1 fully saturated rings. The molecule has 2 aromatic rings. The Balaban J connectivity index is 0.00000385. The zero-order chi connectivity index (χ0) is 22.9. The van der Waals surface area contributed by atoms with Crippen molar-refractivity contribution in [1.82, 2.24) is 15.1 Å². The van der Waals surface area contributed by atoms with E-state index in [1.165, 1.54) is 5.56 Å². The Kier molecular flexibility index (Phi) is 10.9. The number of amides is 1. The van der Waals surface area contributed by atoms with Crippen LogP contribution in [-0.4, -0.2) is 69.1 Å². The fourth-order valence-electron chi connectivity index (χ4n) is 3.93. The van der Waals surface area contributed by atoms with Gasteiger partial charge < -0.3 is 25.2 Å². The number of carbonyl (C=O) groups is 1. The molecule has 1 unspecified atom stereocenters. The number of halogens is 1. The van der Waals surface area contributed by atoms with Crippen LogP contribution in [0.4, 0.5) is 5.69 Å². The minimum absolute atomic E-state index is 0. The monoisotopic (exact) mass is 565 g/mol. The van der Waals surface area contributed by atoms with Crippen LogP contribution in [0.15, 0.2) is 53.5 Å². The molecule has 1 atom stereocenters. The molecule has 0 radical (unpaired) electrons. The van der Waals surface area contributed by atoms with Gasteiger partial charge in [0.15, 0.2) is 5.96 Å². The average Bonchev–Trinajstić information content (AvgIpc) is 3.26. The Labute approximate surface area is 214 Å². The Hall–Kier alpha value is -2.33. The fraction of sp³-hybridized carbons (Fsp3) is 0.440. The van der Waals surface area contributed by atoms with Crippen molar-refractivity contribution in [3.8, 4) is 5.75 Å². The number of guanidine groups is 1. The second-order valence-corrected chi connectivity index (χ2v) is 8.36. The quantitative estimate of drug-likeness (QED) is 0.290. The predicted octanol–water partition coefficient (Wildman–Crippen LogP) is 3.77. The van der Waals surface area contributed by atoms with E-state index in [1.807, 2.05) is 55.4 Å². The lowest BCUT2D eigenvalue weighted by Gasteiger charge is -2.22. The molecule has 1 aliphatic heterocycles. The van der Waals surface area contributed by atoms with Crippen molar-refractivity contribution in [2.75, 3.05) is 52.7 Å². The van der Waals surface area contributed by atoms with Gasteiger partial charge in [-0.15, -0.1) is 24.0 Å². The Bertz CT molecular complexity index is 917. The summed E-state index contributed by atoms with van der Waals surface area (Å²) >= 11 is 0. The van der Waals surface area contributed by atoms with Crippen LogP contribution in [0.2, 0.25) is 0 Å². The third-order valence-corrected chi connectivity index (χ3v) is 5.49. The van der Waals surface area contributed by atoms with E-state index in [2.05, 4.69) is 34.6 Å². The van der Waals surface area contributed by atoms with Crippen LogP contribution in [0, 0.1) is 0 Å². The first-order chi connectivity index (χ1) is 15.5. The molecule has 0 saturated carbocycles. The summed E-state index contributed by atoms with van der Waals surface area (Å²) in [5.74, 6) is 2.29. The standard InChI is InChI=1S/C25H35N5O2.HI/c1-5-26-25(30-14-13-21(17-30)20-9-11-23(32-4)12-10-20)27-16-19-7-6-8-22(15-19)28-24(31)18-29(2)3;/h6-12,15,21H,5,13-14,16-18H2,1-4H3,(H,26,27)(H,28,31);1H. The van der Waals surface area contributed by atoms with Gasteiger partial charge in [-0.3, -0.25) is 4.79 Å². The molecule has 1 aliphatic rings. The number of anilines is 1. The van der Waals surface area contributed by atoms with Crippen molar-refractivity contribution >= 4 is 41.5 Å². The van der Waals surface area contributed by atoms with Gasteiger partial charge in [0.2, 0.25) is 5.91 Å². The zero-order valence-electron chi connectivity index (χ0n) is 20.0. The summed E-state index contributed by atoms with van der Waals surface area (Å²) in [5, 5.41) is 6.38. The number of likely N-dealkylation sites (N-methyl/N-ethyl adjacent to an activating group) is 1. The highest BCUT2D eigenvalue weighted by atomic mass is 127. The summed E-state index contributed by atoms with van der Waals surface area (Å²) in [6.45, 7) is 5.75. The van der Waals surface area contributed by atoms with E-state index in [0.717, 1.165) is 49.0 Å². The van der Waals surface area contributed by atoms with E-state index in [9.17, 15) is 4.79 Å². The number of nitrogens with zero attached hydrogens (tertiary/aromatic N) is 3. The number of likely N-dealkylation sites (tertiary alicyclic amines) is 1. The summed E-state index contributed by atoms with van der Waals surface area (Å²) in [6.07, 6.45) is 1.10. The van der Waals surface area contributed by atoms with E-state index in [-0.39, 0.29) is 29.9 Å². The second-order valence-electron chi connectivity index (χ2n) is 8.36. The van der Waals surface area contributed by atoms with Crippen LogP contribution >= 0.6 is 24.0 Å². The number of rotatable bonds is 8. The Morgan fingerprint density at radius 2 is 1.97 bits per heavy atom. The van der Waals surface area contributed by atoms with E-state index in [0.29, 0.717) is 19.0 Å². The molecule has 3 rings (SSSR count). The first-order valence-corrected chi connectivity index (χ1v) is 11.2. The van der Waals surface area contributed by atoms with Crippen LogP contribution < -0.4 is 15.4 Å². The number of benzene rings is 2. The Morgan fingerprint density at radius 3 is 2.64 bits per heavy atom. The number of aliphatic imine (C=N–C) groups is 1. The van der Waals surface area contributed by atoms with Crippen molar-refractivity contribution in [2.45, 2.75) is 25.8 Å². The number of ether oxygens (including phenoxy) is 1. The van der Waals surface area contributed by atoms with Gasteiger partial charge in [0.05, 0.1) is 20.2 Å². The third-order valence-electron chi connectivity index (χ3n) is 5.49. The van der Waals surface area contributed by atoms with Crippen LogP contribution in [0.5, 0.6) is 5.75 Å². The molecule has 0 bridgehead atoms. The van der Waals surface area contributed by atoms with Gasteiger partial charge in [0.1, 0.15) is 5.75 Å². The second kappa shape index (κ2) is 13.4. The van der Waals surface area contributed by atoms with Crippen molar-refractivity contribution in [3.05, 3.63) is 59.7 Å². The lowest BCUT2D eigenvalue weighted by Crippen LogP contribution is -2.40. The molecule has 2 aromatic carbocycles. The van der Waals surface area contributed by atoms with Gasteiger partial charge in [-0.05, 0) is 62.8 Å². The van der Waals surface area contributed by atoms with Gasteiger partial charge in [-0.2, -0.15) is 0 Å². The number of carbonyl (C=O) groups excluding carboxylic acids is 1. The molecular formula is C25H36IN5O2. The topological polar surface area (TPSA) is 69.2 Å². The maximum absolute atomic E-state index is 12.0. The minimum atomic E-state index is -0.0226. The van der Waals surface area contributed by atoms with E-state index in [4.69, 9.17) is 9.73 Å². The average molecular weight is 566 g/mol. The van der Waals surface area contributed by atoms with Crippen LogP contribution in [0.1, 0.15) is 30.4 Å². The highest BCUT2D eigenvalue weighted by molar-refractivity contribution is 14.0. The van der Waals surface area contributed by atoms with Crippen LogP contribution in [0.25, 0.3) is 0 Å². The smallest absolute Gasteiger partial charge is 0.238 e. The SMILES string of the molecule is CCNC(=NCc1cccc(NC(=O)CN(C)C)c1)N1CCC(c2ccc(OC)cc2)C1.I. The molecule has 1 heterocycles. The molecule has 0 spiro atoms. The van der Waals surface area contributed by atoms with Crippen molar-refractivity contribution in [2.24, 2.45) is 4.99 Å². The van der Waals surface area contributed by atoms with Gasteiger partial charge in [0, 0.05) is 31.2 Å². The summed E-state index contributed by atoms with van der Waals surface area (Å²) in [5.41, 5.74) is 3.20. The first-order valence-electron chi connectivity index (χ1n) is 11.2. The summed E-state index contributed by atoms with van der Waals surface area (Å²) in [6, 6.07) is 16.3. The number of hydrogen-bond donors (Lipinski definition) is 2. The van der Waals surface area contributed by atoms with Crippen LogP contribution in [-0.2, 0) is 11.3 Å². The zero-order valence-corrected chi connectivity index (χ0v) is 22.3. The summed E-state index contributed by atoms with van der Waals surface area (Å²) in [4.78, 5) is 21.1. The van der Waals surface area contributed by atoms with E-state index in [1.54, 1.807) is 7.11 Å². The predicted molar refractivity (Wildman–Crippen MR) is 146 cm³/mol. The van der Waals surface area contributed by atoms with Gasteiger partial charge >= 0.3 is 0 Å². The van der Waals surface area contributed by atoms with Gasteiger partial charge in [-0.1, -0.05) is 24.3 Å². The molecule has 0 aliphatic carbocycles. The lowest BCUT2D eigenvalue weighted by molar-refractivity contribution is -0.116. The maximum atomic E-state index is 12.0. The van der Waals surface area contributed by atoms with Crippen molar-refractivity contribution in [3.63, 3.8) is 0 Å². The normalized spacial score (nSPS) is 15.8. The van der Waals surface area contributed by atoms with E-state index < -0.39 is 0 Å². The van der Waals surface area contributed by atoms with Crippen LogP contribution in [0.3, 0.4) is 0 Å². The highest BCUT2D eigenvalue weighted by Crippen LogP contribution is 2.28. The summed E-state index contributed by atoms with van der Waals surface area (Å²) < 4.78 is 5.28. The molecule has 0 aromatic heterocycles. The fourth-order valence-corrected chi connectivity index (χ4v) is 3.93. The highest BCUT2D eigenvalue weighted by Gasteiger charge is 2.26. The van der Waals surface area contributed by atoms with E-state index >= 15 is 0 Å². The molecule has 1 saturated heterocycles. The van der Waals surface area contributed by atoms with Crippen molar-refractivity contribution in [1.29, 1.82) is 0 Å². The molecule has 33 heavy (non-hydrogen) atoms. The third kappa shape index (κ3) is 8.19. The molecule has 1 amide bonds. The van der Waals surface area contributed by atoms with Crippen molar-refractivity contribution < 1.29 is 9.53 Å². The number of hydrogen-bond acceptors (Lipinski definition) is 4. The first kappa shape index (κ1) is 26.9.